The van der Waals surface area contributed by atoms with Gasteiger partial charge in [0.05, 0.1) is 6.54 Å². The number of carbonyl (C=O) groups is 2. The van der Waals surface area contributed by atoms with Crippen LogP contribution < -0.4 is 10.6 Å². The van der Waals surface area contributed by atoms with Gasteiger partial charge in [-0.1, -0.05) is 0 Å². The molecule has 18 heavy (non-hydrogen) atoms. The van der Waals surface area contributed by atoms with Gasteiger partial charge in [0.25, 0.3) is 0 Å². The molecular formula is C9H15N7O2. The number of carbonyl (C=O) groups excluding carboxylic acids is 2. The predicted molar refractivity (Wildman–Crippen MR) is 60.3 cm³/mol. The zero-order valence-corrected chi connectivity index (χ0v) is 9.87. The minimum atomic E-state index is -0.286. The molecule has 2 heterocycles. The summed E-state index contributed by atoms with van der Waals surface area (Å²) in [6, 6.07) is 0. The van der Waals surface area contributed by atoms with Gasteiger partial charge in [-0.15, -0.1) is 5.10 Å². The molecule has 1 saturated heterocycles. The van der Waals surface area contributed by atoms with Crippen molar-refractivity contribution < 1.29 is 9.59 Å². The number of amides is 2. The number of nitrogens with zero attached hydrogens (tertiary/aromatic N) is 5. The van der Waals surface area contributed by atoms with Crippen LogP contribution in [0.1, 0.15) is 0 Å². The lowest BCUT2D eigenvalue weighted by atomic mass is 10.3. The van der Waals surface area contributed by atoms with E-state index in [0.29, 0.717) is 13.1 Å². The number of piperazine rings is 1. The smallest absolute Gasteiger partial charge is 0.242 e. The predicted octanol–water partition coefficient (Wildman–Crippen LogP) is -2.78. The second-order valence-electron chi connectivity index (χ2n) is 3.91. The number of nitrogens with one attached hydrogen (secondary N) is 2. The molecule has 0 spiro atoms. The van der Waals surface area contributed by atoms with Gasteiger partial charge in [0.1, 0.15) is 12.9 Å². The van der Waals surface area contributed by atoms with Crippen molar-refractivity contribution in [1.82, 2.24) is 35.7 Å². The Balaban J connectivity index is 1.70. The molecule has 0 unspecified atom stereocenters. The van der Waals surface area contributed by atoms with Crippen LogP contribution in [0.15, 0.2) is 6.33 Å². The first-order chi connectivity index (χ1) is 8.75. The van der Waals surface area contributed by atoms with Gasteiger partial charge in [-0.25, -0.2) is 4.68 Å². The lowest BCUT2D eigenvalue weighted by Crippen LogP contribution is -2.49. The van der Waals surface area contributed by atoms with Crippen molar-refractivity contribution >= 4 is 11.8 Å². The van der Waals surface area contributed by atoms with Crippen molar-refractivity contribution in [2.24, 2.45) is 0 Å². The van der Waals surface area contributed by atoms with Crippen LogP contribution in [0.3, 0.4) is 0 Å². The van der Waals surface area contributed by atoms with Gasteiger partial charge >= 0.3 is 0 Å². The van der Waals surface area contributed by atoms with E-state index < -0.39 is 0 Å². The van der Waals surface area contributed by atoms with Crippen molar-refractivity contribution in [3.05, 3.63) is 6.33 Å². The number of rotatable bonds is 4. The Labute approximate surface area is 104 Å². The normalized spacial score (nSPS) is 15.4. The minimum Gasteiger partial charge on any atom is -0.345 e. The maximum Gasteiger partial charge on any atom is 0.242 e. The summed E-state index contributed by atoms with van der Waals surface area (Å²) in [5, 5.41) is 16.1. The van der Waals surface area contributed by atoms with Crippen LogP contribution in [0.4, 0.5) is 0 Å². The first-order valence-corrected chi connectivity index (χ1v) is 5.71. The van der Waals surface area contributed by atoms with Gasteiger partial charge < -0.3 is 15.5 Å². The summed E-state index contributed by atoms with van der Waals surface area (Å²) in [6.45, 7) is 2.99. The van der Waals surface area contributed by atoms with E-state index in [1.807, 2.05) is 0 Å². The van der Waals surface area contributed by atoms with E-state index in [1.54, 1.807) is 4.90 Å². The number of hydrogen-bond donors (Lipinski definition) is 2. The molecule has 1 aliphatic rings. The molecule has 1 fully saturated rings. The van der Waals surface area contributed by atoms with Gasteiger partial charge in [0.15, 0.2) is 0 Å². The Morgan fingerprint density at radius 1 is 1.33 bits per heavy atom. The first kappa shape index (κ1) is 12.4. The number of aromatic nitrogens is 4. The van der Waals surface area contributed by atoms with Crippen molar-refractivity contribution in [2.45, 2.75) is 6.54 Å². The van der Waals surface area contributed by atoms with E-state index in [-0.39, 0.29) is 24.9 Å². The monoisotopic (exact) mass is 253 g/mol. The van der Waals surface area contributed by atoms with Gasteiger partial charge in [0.2, 0.25) is 11.8 Å². The summed E-state index contributed by atoms with van der Waals surface area (Å²) in [7, 11) is 0. The van der Waals surface area contributed by atoms with Crippen LogP contribution in [0.5, 0.6) is 0 Å². The van der Waals surface area contributed by atoms with E-state index in [1.165, 1.54) is 11.0 Å². The molecule has 1 aromatic rings. The first-order valence-electron chi connectivity index (χ1n) is 5.71. The fraction of sp³-hybridized carbons (Fsp3) is 0.667. The molecule has 0 aliphatic carbocycles. The Morgan fingerprint density at radius 2 is 2.11 bits per heavy atom. The second kappa shape index (κ2) is 6.05. The quantitative estimate of drug-likeness (QED) is 0.601. The van der Waals surface area contributed by atoms with Crippen molar-refractivity contribution in [1.29, 1.82) is 0 Å². The molecule has 2 N–H and O–H groups in total. The van der Waals surface area contributed by atoms with Crippen LogP contribution in [-0.4, -0.2) is 69.6 Å². The standard InChI is InChI=1S/C9H15N7O2/c17-8(6-16-7-12-13-14-16)11-5-9(18)15-3-1-10-2-4-15/h7,10H,1-6H2,(H,11,17). The fourth-order valence-electron chi connectivity index (χ4n) is 1.66. The van der Waals surface area contributed by atoms with Gasteiger partial charge in [-0.3, -0.25) is 9.59 Å². The highest BCUT2D eigenvalue weighted by atomic mass is 16.2. The van der Waals surface area contributed by atoms with E-state index in [0.717, 1.165) is 13.1 Å². The van der Waals surface area contributed by atoms with E-state index in [4.69, 9.17) is 0 Å². The van der Waals surface area contributed by atoms with Crippen LogP contribution >= 0.6 is 0 Å². The van der Waals surface area contributed by atoms with Crippen molar-refractivity contribution in [3.63, 3.8) is 0 Å². The molecule has 0 bridgehead atoms. The third-order valence-corrected chi connectivity index (χ3v) is 2.60. The molecule has 0 saturated carbocycles. The SMILES string of the molecule is O=C(Cn1cnnn1)NCC(=O)N1CCNCC1. The number of hydrogen-bond acceptors (Lipinski definition) is 6. The lowest BCUT2D eigenvalue weighted by molar-refractivity contribution is -0.133. The van der Waals surface area contributed by atoms with Crippen LogP contribution in [0.25, 0.3) is 0 Å². The largest absolute Gasteiger partial charge is 0.345 e. The molecule has 9 nitrogen and oxygen atoms in total. The third kappa shape index (κ3) is 3.48. The Kier molecular flexibility index (Phi) is 4.18. The summed E-state index contributed by atoms with van der Waals surface area (Å²) in [4.78, 5) is 25.0. The van der Waals surface area contributed by atoms with Crippen LogP contribution in [0.2, 0.25) is 0 Å². The van der Waals surface area contributed by atoms with Gasteiger partial charge in [-0.2, -0.15) is 0 Å². The summed E-state index contributed by atoms with van der Waals surface area (Å²) >= 11 is 0. The minimum absolute atomic E-state index is 0.0148. The molecule has 1 aromatic heterocycles. The van der Waals surface area contributed by atoms with E-state index in [9.17, 15) is 9.59 Å². The topological polar surface area (TPSA) is 105 Å². The molecule has 0 aromatic carbocycles. The molecule has 0 radical (unpaired) electrons. The number of tetrazole rings is 1. The van der Waals surface area contributed by atoms with Crippen LogP contribution in [0, 0.1) is 0 Å². The molecule has 2 rings (SSSR count). The maximum atomic E-state index is 11.7. The average Bonchev–Trinajstić information content (AvgIpc) is 2.90. The highest BCUT2D eigenvalue weighted by molar-refractivity contribution is 5.84. The Hall–Kier alpha value is -2.03. The second-order valence-corrected chi connectivity index (χ2v) is 3.91. The molecular weight excluding hydrogens is 238 g/mol. The zero-order valence-electron chi connectivity index (χ0n) is 9.87. The Morgan fingerprint density at radius 3 is 2.78 bits per heavy atom. The molecule has 98 valence electrons. The van der Waals surface area contributed by atoms with Crippen molar-refractivity contribution in [2.75, 3.05) is 32.7 Å². The fourth-order valence-corrected chi connectivity index (χ4v) is 1.66. The average molecular weight is 253 g/mol. The highest BCUT2D eigenvalue weighted by Gasteiger charge is 2.16. The highest BCUT2D eigenvalue weighted by Crippen LogP contribution is 1.92. The third-order valence-electron chi connectivity index (χ3n) is 2.60. The summed E-state index contributed by atoms with van der Waals surface area (Å²) in [5.74, 6) is -0.354. The summed E-state index contributed by atoms with van der Waals surface area (Å²) in [5.41, 5.74) is 0. The molecule has 2 amide bonds. The molecule has 1 aliphatic heterocycles. The maximum absolute atomic E-state index is 11.7. The summed E-state index contributed by atoms with van der Waals surface area (Å²) in [6.07, 6.45) is 1.34. The van der Waals surface area contributed by atoms with Gasteiger partial charge in [-0.05, 0) is 10.4 Å². The van der Waals surface area contributed by atoms with E-state index >= 15 is 0 Å². The van der Waals surface area contributed by atoms with E-state index in [2.05, 4.69) is 26.2 Å². The lowest BCUT2D eigenvalue weighted by Gasteiger charge is -2.27. The zero-order chi connectivity index (χ0) is 12.8. The Bertz CT molecular complexity index is 399. The molecule has 9 heteroatoms. The van der Waals surface area contributed by atoms with Crippen molar-refractivity contribution in [3.8, 4) is 0 Å². The summed E-state index contributed by atoms with van der Waals surface area (Å²) < 4.78 is 1.30. The van der Waals surface area contributed by atoms with Crippen LogP contribution in [-0.2, 0) is 16.1 Å². The van der Waals surface area contributed by atoms with Gasteiger partial charge in [0, 0.05) is 26.2 Å². The molecule has 0 atom stereocenters.